The van der Waals surface area contributed by atoms with Crippen molar-refractivity contribution in [2.24, 2.45) is 5.73 Å². The molecule has 0 radical (unpaired) electrons. The topological polar surface area (TPSA) is 64.3 Å². The van der Waals surface area contributed by atoms with E-state index >= 15 is 0 Å². The molecule has 4 nitrogen and oxygen atoms in total. The Bertz CT molecular complexity index is 399. The van der Waals surface area contributed by atoms with Crippen molar-refractivity contribution in [3.8, 4) is 5.75 Å². The van der Waals surface area contributed by atoms with Gasteiger partial charge in [-0.05, 0) is 24.6 Å². The fourth-order valence-electron chi connectivity index (χ4n) is 1.28. The number of benzene rings is 1. The monoisotopic (exact) mass is 258 g/mol. The summed E-state index contributed by atoms with van der Waals surface area (Å²) in [6, 6.07) is 5.51. The zero-order chi connectivity index (χ0) is 13.5. The van der Waals surface area contributed by atoms with Gasteiger partial charge >= 0.3 is 6.61 Å². The molecule has 1 aromatic carbocycles. The number of hydrogen-bond donors (Lipinski definition) is 2. The molecule has 0 fully saturated rings. The molecular weight excluding hydrogens is 242 g/mol. The summed E-state index contributed by atoms with van der Waals surface area (Å²) in [4.78, 5) is 11.7. The highest BCUT2D eigenvalue weighted by molar-refractivity contribution is 5.94. The molecule has 1 atom stereocenters. The van der Waals surface area contributed by atoms with Crippen LogP contribution >= 0.6 is 0 Å². The van der Waals surface area contributed by atoms with Crippen LogP contribution in [-0.2, 0) is 0 Å². The van der Waals surface area contributed by atoms with E-state index in [1.165, 1.54) is 24.3 Å². The number of alkyl halides is 2. The van der Waals surface area contributed by atoms with Crippen LogP contribution in [0, 0.1) is 0 Å². The second kappa shape index (κ2) is 6.90. The van der Waals surface area contributed by atoms with E-state index < -0.39 is 6.61 Å². The summed E-state index contributed by atoms with van der Waals surface area (Å²) in [5.41, 5.74) is 5.92. The van der Waals surface area contributed by atoms with Crippen molar-refractivity contribution in [1.82, 2.24) is 5.32 Å². The number of amides is 1. The van der Waals surface area contributed by atoms with Gasteiger partial charge in [0.1, 0.15) is 5.75 Å². The molecule has 0 aliphatic carbocycles. The largest absolute Gasteiger partial charge is 0.435 e. The second-order valence-corrected chi connectivity index (χ2v) is 3.78. The van der Waals surface area contributed by atoms with E-state index in [0.717, 1.165) is 6.42 Å². The molecule has 0 saturated carbocycles. The van der Waals surface area contributed by atoms with Crippen molar-refractivity contribution in [2.45, 2.75) is 26.0 Å². The lowest BCUT2D eigenvalue weighted by Crippen LogP contribution is -2.36. The first kappa shape index (κ1) is 14.4. The van der Waals surface area contributed by atoms with Crippen LogP contribution in [0.15, 0.2) is 24.3 Å². The molecule has 18 heavy (non-hydrogen) atoms. The molecule has 0 bridgehead atoms. The van der Waals surface area contributed by atoms with Gasteiger partial charge in [-0.2, -0.15) is 8.78 Å². The normalized spacial score (nSPS) is 12.3. The third-order valence-corrected chi connectivity index (χ3v) is 2.37. The molecule has 1 aromatic rings. The molecule has 1 amide bonds. The fraction of sp³-hybridized carbons (Fsp3) is 0.417. The average Bonchev–Trinajstić information content (AvgIpc) is 2.35. The molecule has 0 aliphatic rings. The van der Waals surface area contributed by atoms with Gasteiger partial charge < -0.3 is 15.8 Å². The SMILES string of the molecule is CCC(N)CNC(=O)c1cccc(OC(F)F)c1. The molecule has 1 unspecified atom stereocenters. The van der Waals surface area contributed by atoms with Gasteiger partial charge in [0.25, 0.3) is 5.91 Å². The van der Waals surface area contributed by atoms with Gasteiger partial charge in [0.05, 0.1) is 0 Å². The van der Waals surface area contributed by atoms with E-state index in [4.69, 9.17) is 5.73 Å². The average molecular weight is 258 g/mol. The van der Waals surface area contributed by atoms with E-state index in [2.05, 4.69) is 10.1 Å². The van der Waals surface area contributed by atoms with Gasteiger partial charge in [0.15, 0.2) is 0 Å². The van der Waals surface area contributed by atoms with E-state index in [-0.39, 0.29) is 23.3 Å². The van der Waals surface area contributed by atoms with Gasteiger partial charge in [-0.3, -0.25) is 4.79 Å². The standard InChI is InChI=1S/C12H16F2N2O2/c1-2-9(15)7-16-11(17)8-4-3-5-10(6-8)18-12(13)14/h3-6,9,12H,2,7,15H2,1H3,(H,16,17). The Kier molecular flexibility index (Phi) is 5.51. The van der Waals surface area contributed by atoms with Crippen LogP contribution in [0.1, 0.15) is 23.7 Å². The molecule has 100 valence electrons. The van der Waals surface area contributed by atoms with E-state index in [1.807, 2.05) is 6.92 Å². The second-order valence-electron chi connectivity index (χ2n) is 3.78. The number of ether oxygens (including phenoxy) is 1. The molecule has 0 aliphatic heterocycles. The molecule has 0 saturated heterocycles. The maximum atomic E-state index is 12.0. The summed E-state index contributed by atoms with van der Waals surface area (Å²) in [6.45, 7) is -0.653. The van der Waals surface area contributed by atoms with E-state index in [9.17, 15) is 13.6 Å². The van der Waals surface area contributed by atoms with Crippen LogP contribution < -0.4 is 15.8 Å². The lowest BCUT2D eigenvalue weighted by molar-refractivity contribution is -0.0498. The van der Waals surface area contributed by atoms with E-state index in [0.29, 0.717) is 6.54 Å². The van der Waals surface area contributed by atoms with Crippen molar-refractivity contribution in [3.05, 3.63) is 29.8 Å². The summed E-state index contributed by atoms with van der Waals surface area (Å²) in [5.74, 6) is -0.406. The van der Waals surface area contributed by atoms with Crippen molar-refractivity contribution in [3.63, 3.8) is 0 Å². The summed E-state index contributed by atoms with van der Waals surface area (Å²) in [5, 5.41) is 2.62. The number of halogens is 2. The number of carbonyl (C=O) groups is 1. The zero-order valence-electron chi connectivity index (χ0n) is 10.0. The summed E-state index contributed by atoms with van der Waals surface area (Å²) < 4.78 is 28.2. The molecule has 0 heterocycles. The smallest absolute Gasteiger partial charge is 0.387 e. The molecule has 6 heteroatoms. The number of hydrogen-bond acceptors (Lipinski definition) is 3. The van der Waals surface area contributed by atoms with Crippen LogP contribution in [0.4, 0.5) is 8.78 Å². The maximum absolute atomic E-state index is 12.0. The van der Waals surface area contributed by atoms with E-state index in [1.54, 1.807) is 0 Å². The highest BCUT2D eigenvalue weighted by Crippen LogP contribution is 2.15. The first-order valence-electron chi connectivity index (χ1n) is 5.61. The number of nitrogens with one attached hydrogen (secondary N) is 1. The molecule has 3 N–H and O–H groups in total. The molecule has 0 aromatic heterocycles. The Labute approximate surface area is 104 Å². The van der Waals surface area contributed by atoms with Crippen LogP contribution in [0.25, 0.3) is 0 Å². The van der Waals surface area contributed by atoms with Gasteiger partial charge in [0, 0.05) is 18.2 Å². The summed E-state index contributed by atoms with van der Waals surface area (Å²) in [7, 11) is 0. The summed E-state index contributed by atoms with van der Waals surface area (Å²) >= 11 is 0. The lowest BCUT2D eigenvalue weighted by atomic mass is 10.2. The summed E-state index contributed by atoms with van der Waals surface area (Å²) in [6.07, 6.45) is 0.745. The van der Waals surface area contributed by atoms with Gasteiger partial charge in [-0.15, -0.1) is 0 Å². The predicted molar refractivity (Wildman–Crippen MR) is 63.7 cm³/mol. The third-order valence-electron chi connectivity index (χ3n) is 2.37. The number of nitrogens with two attached hydrogens (primary N) is 1. The Morgan fingerprint density at radius 2 is 2.22 bits per heavy atom. The molecule has 0 spiro atoms. The minimum atomic E-state index is -2.91. The van der Waals surface area contributed by atoms with Gasteiger partial charge in [-0.25, -0.2) is 0 Å². The minimum absolute atomic E-state index is 0.0440. The first-order valence-corrected chi connectivity index (χ1v) is 5.61. The van der Waals surface area contributed by atoms with Crippen molar-refractivity contribution in [2.75, 3.05) is 6.54 Å². The van der Waals surface area contributed by atoms with Crippen molar-refractivity contribution >= 4 is 5.91 Å². The highest BCUT2D eigenvalue weighted by Gasteiger charge is 2.10. The number of rotatable bonds is 6. The highest BCUT2D eigenvalue weighted by atomic mass is 19.3. The molecular formula is C12H16F2N2O2. The van der Waals surface area contributed by atoms with Crippen LogP contribution in [0.5, 0.6) is 5.75 Å². The third kappa shape index (κ3) is 4.67. The predicted octanol–water partition coefficient (Wildman–Crippen LogP) is 1.76. The lowest BCUT2D eigenvalue weighted by Gasteiger charge is -2.11. The van der Waals surface area contributed by atoms with Gasteiger partial charge in [-0.1, -0.05) is 13.0 Å². The Morgan fingerprint density at radius 3 is 2.83 bits per heavy atom. The number of carbonyl (C=O) groups excluding carboxylic acids is 1. The van der Waals surface area contributed by atoms with Crippen LogP contribution in [0.3, 0.4) is 0 Å². The van der Waals surface area contributed by atoms with Gasteiger partial charge in [0.2, 0.25) is 0 Å². The Hall–Kier alpha value is -1.69. The zero-order valence-corrected chi connectivity index (χ0v) is 10.0. The van der Waals surface area contributed by atoms with Crippen molar-refractivity contribution < 1.29 is 18.3 Å². The maximum Gasteiger partial charge on any atom is 0.387 e. The first-order chi connectivity index (χ1) is 8.52. The Balaban J connectivity index is 2.62. The minimum Gasteiger partial charge on any atom is -0.435 e. The van der Waals surface area contributed by atoms with Crippen molar-refractivity contribution in [1.29, 1.82) is 0 Å². The molecule has 1 rings (SSSR count). The van der Waals surface area contributed by atoms with Crippen LogP contribution in [-0.4, -0.2) is 25.1 Å². The van der Waals surface area contributed by atoms with Crippen LogP contribution in [0.2, 0.25) is 0 Å². The quantitative estimate of drug-likeness (QED) is 0.817. The Morgan fingerprint density at radius 1 is 1.50 bits per heavy atom. The fourth-order valence-corrected chi connectivity index (χ4v) is 1.28.